The molecule has 9 nitrogen and oxygen atoms in total. The molecule has 1 aromatic rings. The molecule has 1 amide bonds. The summed E-state index contributed by atoms with van der Waals surface area (Å²) in [5.41, 5.74) is 3.97. The third kappa shape index (κ3) is 1.93. The van der Waals surface area contributed by atoms with Gasteiger partial charge in [-0.05, 0) is 0 Å². The summed E-state index contributed by atoms with van der Waals surface area (Å²) in [6, 6.07) is 0. The van der Waals surface area contributed by atoms with Gasteiger partial charge in [0.15, 0.2) is 6.23 Å². The fourth-order valence-electron chi connectivity index (χ4n) is 1.83. The van der Waals surface area contributed by atoms with Crippen molar-refractivity contribution in [1.29, 1.82) is 0 Å². The van der Waals surface area contributed by atoms with Gasteiger partial charge in [0.1, 0.15) is 23.9 Å². The number of carbonyl (C=O) groups excluding carboxylic acids is 1. The van der Waals surface area contributed by atoms with Gasteiger partial charge >= 0.3 is 0 Å². The number of ether oxygens (including phenoxy) is 1. The minimum Gasteiger partial charge on any atom is -0.394 e. The van der Waals surface area contributed by atoms with Gasteiger partial charge in [0.25, 0.3) is 11.5 Å². The van der Waals surface area contributed by atoms with Gasteiger partial charge in [-0.25, -0.2) is 0 Å². The van der Waals surface area contributed by atoms with Crippen molar-refractivity contribution in [2.24, 2.45) is 5.73 Å². The Hall–Kier alpha value is -1.68. The van der Waals surface area contributed by atoms with Gasteiger partial charge in [0.05, 0.1) is 6.61 Å². The molecular weight excluding hydrogens is 246 g/mol. The second kappa shape index (κ2) is 4.53. The number of nitrogens with one attached hydrogen (secondary N) is 1. The molecule has 4 atom stereocenters. The number of primary amides is 1. The molecule has 0 aromatic carbocycles. The van der Waals surface area contributed by atoms with Gasteiger partial charge in [0.2, 0.25) is 0 Å². The predicted molar refractivity (Wildman–Crippen MR) is 56.6 cm³/mol. The molecule has 1 aliphatic heterocycles. The normalized spacial score (nSPS) is 31.7. The lowest BCUT2D eigenvalue weighted by atomic mass is 10.1. The lowest BCUT2D eigenvalue weighted by Crippen LogP contribution is -2.33. The van der Waals surface area contributed by atoms with Crippen LogP contribution in [0.4, 0.5) is 0 Å². The molecule has 0 saturated carbocycles. The number of nitrogens with two attached hydrogens (primary N) is 1. The van der Waals surface area contributed by atoms with Crippen LogP contribution in [0.3, 0.4) is 0 Å². The Kier molecular flexibility index (Phi) is 3.22. The standard InChI is InChI=1S/C9H13N3O6/c10-7(16)3-1-12(11-8(3)17)9-6(15)5(14)4(2-13)18-9/h1,4-6,9,13-15H,2H2,(H2,10,16)(H,11,17)/t4-,5-,6-,9-/m1/s1. The van der Waals surface area contributed by atoms with E-state index in [4.69, 9.17) is 15.6 Å². The molecular formula is C9H13N3O6. The molecule has 9 heteroatoms. The lowest BCUT2D eigenvalue weighted by molar-refractivity contribution is -0.0588. The zero-order valence-corrected chi connectivity index (χ0v) is 9.18. The van der Waals surface area contributed by atoms with Gasteiger partial charge in [-0.15, -0.1) is 0 Å². The topological polar surface area (TPSA) is 151 Å². The van der Waals surface area contributed by atoms with Gasteiger partial charge in [-0.1, -0.05) is 0 Å². The quantitative estimate of drug-likeness (QED) is 0.387. The SMILES string of the molecule is NC(=O)c1cn([C@@H]2O[C@H](CO)[C@@H](O)[C@H]2O)[nH]c1=O. The monoisotopic (exact) mass is 259 g/mol. The minimum atomic E-state index is -1.34. The van der Waals surface area contributed by atoms with Crippen LogP contribution in [-0.2, 0) is 4.74 Å². The van der Waals surface area contributed by atoms with Crippen LogP contribution in [0.2, 0.25) is 0 Å². The maximum atomic E-state index is 11.4. The molecule has 0 spiro atoms. The second-order valence-corrected chi connectivity index (χ2v) is 3.98. The molecule has 1 aliphatic rings. The molecule has 2 rings (SSSR count). The number of aromatic nitrogens is 2. The molecule has 1 saturated heterocycles. The fraction of sp³-hybridized carbons (Fsp3) is 0.556. The van der Waals surface area contributed by atoms with E-state index in [0.29, 0.717) is 0 Å². The summed E-state index contributed by atoms with van der Waals surface area (Å²) in [6.45, 7) is -0.483. The Bertz CT molecular complexity index is 509. The highest BCUT2D eigenvalue weighted by Crippen LogP contribution is 2.28. The van der Waals surface area contributed by atoms with Crippen LogP contribution in [0.25, 0.3) is 0 Å². The Morgan fingerprint density at radius 2 is 2.17 bits per heavy atom. The lowest BCUT2D eigenvalue weighted by Gasteiger charge is -2.15. The number of aromatic amines is 1. The number of hydrogen-bond acceptors (Lipinski definition) is 6. The Morgan fingerprint density at radius 3 is 2.61 bits per heavy atom. The zero-order chi connectivity index (χ0) is 13.4. The zero-order valence-electron chi connectivity index (χ0n) is 9.18. The van der Waals surface area contributed by atoms with Crippen LogP contribution >= 0.6 is 0 Å². The van der Waals surface area contributed by atoms with Crippen molar-refractivity contribution in [3.8, 4) is 0 Å². The molecule has 6 N–H and O–H groups in total. The van der Waals surface area contributed by atoms with Crippen molar-refractivity contribution < 1.29 is 24.9 Å². The van der Waals surface area contributed by atoms with Crippen LogP contribution in [0.15, 0.2) is 11.0 Å². The van der Waals surface area contributed by atoms with E-state index >= 15 is 0 Å². The van der Waals surface area contributed by atoms with Crippen LogP contribution in [0, 0.1) is 0 Å². The van der Waals surface area contributed by atoms with E-state index in [1.165, 1.54) is 0 Å². The number of hydrogen-bond donors (Lipinski definition) is 5. The smallest absolute Gasteiger partial charge is 0.277 e. The van der Waals surface area contributed by atoms with E-state index in [9.17, 15) is 19.8 Å². The van der Waals surface area contributed by atoms with Crippen molar-refractivity contribution in [3.05, 3.63) is 22.1 Å². The summed E-state index contributed by atoms with van der Waals surface area (Å²) in [4.78, 5) is 22.3. The van der Waals surface area contributed by atoms with Crippen molar-refractivity contribution in [2.75, 3.05) is 6.61 Å². The van der Waals surface area contributed by atoms with Crippen LogP contribution in [-0.4, -0.2) is 55.9 Å². The maximum absolute atomic E-state index is 11.4. The predicted octanol–water partition coefficient (Wildman–Crippen LogP) is -3.11. The molecule has 100 valence electrons. The summed E-state index contributed by atoms with van der Waals surface area (Å²) >= 11 is 0. The molecule has 0 aliphatic carbocycles. The molecule has 1 aromatic heterocycles. The Morgan fingerprint density at radius 1 is 1.50 bits per heavy atom. The van der Waals surface area contributed by atoms with Crippen LogP contribution in [0.5, 0.6) is 0 Å². The molecule has 0 bridgehead atoms. The van der Waals surface area contributed by atoms with E-state index in [-0.39, 0.29) is 5.56 Å². The number of rotatable bonds is 3. The highest BCUT2D eigenvalue weighted by atomic mass is 16.6. The van der Waals surface area contributed by atoms with E-state index < -0.39 is 42.6 Å². The molecule has 0 unspecified atom stereocenters. The van der Waals surface area contributed by atoms with Crippen molar-refractivity contribution >= 4 is 5.91 Å². The van der Waals surface area contributed by atoms with E-state index in [0.717, 1.165) is 10.9 Å². The summed E-state index contributed by atoms with van der Waals surface area (Å²) in [5.74, 6) is -0.915. The average Bonchev–Trinajstić information content (AvgIpc) is 2.82. The summed E-state index contributed by atoms with van der Waals surface area (Å²) in [7, 11) is 0. The molecule has 2 heterocycles. The number of nitrogens with zero attached hydrogens (tertiary/aromatic N) is 1. The van der Waals surface area contributed by atoms with Crippen molar-refractivity contribution in [3.63, 3.8) is 0 Å². The molecule has 0 radical (unpaired) electrons. The average molecular weight is 259 g/mol. The second-order valence-electron chi connectivity index (χ2n) is 3.98. The minimum absolute atomic E-state index is 0.285. The highest BCUT2D eigenvalue weighted by Gasteiger charge is 2.43. The number of H-pyrrole nitrogens is 1. The fourth-order valence-corrected chi connectivity index (χ4v) is 1.83. The van der Waals surface area contributed by atoms with E-state index in [1.807, 2.05) is 0 Å². The Labute approximate surface area is 100 Å². The number of aliphatic hydroxyl groups excluding tert-OH is 3. The van der Waals surface area contributed by atoms with Gasteiger partial charge in [-0.3, -0.25) is 19.4 Å². The summed E-state index contributed by atoms with van der Waals surface area (Å²) in [6.07, 6.45) is -3.61. The van der Waals surface area contributed by atoms with Gasteiger partial charge in [0, 0.05) is 6.20 Å². The molecule has 1 fully saturated rings. The number of aliphatic hydroxyl groups is 3. The highest BCUT2D eigenvalue weighted by molar-refractivity contribution is 5.92. The largest absolute Gasteiger partial charge is 0.394 e. The number of carbonyl (C=O) groups is 1. The first-order chi connectivity index (χ1) is 8.45. The van der Waals surface area contributed by atoms with Gasteiger partial charge in [-0.2, -0.15) is 0 Å². The summed E-state index contributed by atoms with van der Waals surface area (Å²) in [5, 5.41) is 30.4. The first-order valence-electron chi connectivity index (χ1n) is 5.19. The third-order valence-corrected chi connectivity index (χ3v) is 2.80. The van der Waals surface area contributed by atoms with E-state index in [1.54, 1.807) is 0 Å². The van der Waals surface area contributed by atoms with Crippen molar-refractivity contribution in [2.45, 2.75) is 24.5 Å². The van der Waals surface area contributed by atoms with E-state index in [2.05, 4.69) is 5.10 Å². The molecule has 18 heavy (non-hydrogen) atoms. The Balaban J connectivity index is 2.30. The maximum Gasteiger partial charge on any atom is 0.277 e. The third-order valence-electron chi connectivity index (χ3n) is 2.80. The van der Waals surface area contributed by atoms with Gasteiger partial charge < -0.3 is 25.8 Å². The van der Waals surface area contributed by atoms with Crippen molar-refractivity contribution in [1.82, 2.24) is 9.78 Å². The first kappa shape index (κ1) is 12.8. The first-order valence-corrected chi connectivity index (χ1v) is 5.19. The number of amides is 1. The van der Waals surface area contributed by atoms with Crippen LogP contribution in [0.1, 0.15) is 16.6 Å². The summed E-state index contributed by atoms with van der Waals surface area (Å²) < 4.78 is 6.19. The van der Waals surface area contributed by atoms with Crippen LogP contribution < -0.4 is 11.3 Å².